The lowest BCUT2D eigenvalue weighted by Crippen LogP contribution is -2.23. The molecule has 0 bridgehead atoms. The second-order valence-corrected chi connectivity index (χ2v) is 7.63. The first kappa shape index (κ1) is 17.5. The summed E-state index contributed by atoms with van der Waals surface area (Å²) >= 11 is 13.5. The van der Waals surface area contributed by atoms with Gasteiger partial charge in [-0.25, -0.2) is 9.40 Å². The van der Waals surface area contributed by atoms with Crippen LogP contribution in [-0.4, -0.2) is 27.5 Å². The topological polar surface area (TPSA) is 45.0 Å². The van der Waals surface area contributed by atoms with Crippen molar-refractivity contribution in [3.63, 3.8) is 0 Å². The summed E-state index contributed by atoms with van der Waals surface area (Å²) in [6.07, 6.45) is 0.581. The van der Waals surface area contributed by atoms with Crippen LogP contribution in [0.15, 0.2) is 52.6 Å². The molecule has 0 spiro atoms. The number of nitrogens with zero attached hydrogens (tertiary/aromatic N) is 3. The van der Waals surface area contributed by atoms with Crippen molar-refractivity contribution in [1.29, 1.82) is 0 Å². The van der Waals surface area contributed by atoms with Crippen LogP contribution in [0.2, 0.25) is 10.0 Å². The van der Waals surface area contributed by atoms with Crippen LogP contribution in [0.3, 0.4) is 0 Å². The van der Waals surface area contributed by atoms with E-state index in [-0.39, 0.29) is 17.8 Å². The van der Waals surface area contributed by atoms with Crippen molar-refractivity contribution in [3.8, 4) is 0 Å². The molecule has 1 atom stereocenters. The third-order valence-electron chi connectivity index (χ3n) is 4.16. The van der Waals surface area contributed by atoms with Gasteiger partial charge in [-0.2, -0.15) is 10.1 Å². The van der Waals surface area contributed by atoms with E-state index in [1.54, 1.807) is 29.3 Å². The highest BCUT2D eigenvalue weighted by Crippen LogP contribution is 2.37. The minimum atomic E-state index is -0.299. The number of benzene rings is 2. The number of halogens is 3. The number of carbonyl (C=O) groups is 1. The summed E-state index contributed by atoms with van der Waals surface area (Å²) in [7, 11) is 0. The molecule has 0 saturated carbocycles. The summed E-state index contributed by atoms with van der Waals surface area (Å²) in [4.78, 5) is 15.6. The highest BCUT2D eigenvalue weighted by molar-refractivity contribution is 8.14. The van der Waals surface area contributed by atoms with Crippen molar-refractivity contribution in [3.05, 3.63) is 69.5 Å². The lowest BCUT2D eigenvalue weighted by Gasteiger charge is -2.22. The van der Waals surface area contributed by atoms with Crippen LogP contribution >= 0.6 is 35.0 Å². The zero-order valence-electron chi connectivity index (χ0n) is 13.3. The van der Waals surface area contributed by atoms with Crippen molar-refractivity contribution in [1.82, 2.24) is 5.01 Å². The largest absolute Gasteiger partial charge is 0.272 e. The first-order chi connectivity index (χ1) is 12.5. The standard InChI is InChI=1S/C18H12Cl2FN3OS/c19-13-6-3-11(7-14(13)20)15-8-16(10-1-4-12(21)5-2-10)24(23-15)18-22-17(25)9-26-18/h1-7,16H,8-9H2. The molecular weight excluding hydrogens is 396 g/mol. The fraction of sp³-hybridized carbons (Fsp3) is 0.167. The molecule has 8 heteroatoms. The second kappa shape index (κ2) is 7.02. The van der Waals surface area contributed by atoms with E-state index < -0.39 is 0 Å². The third kappa shape index (κ3) is 3.37. The van der Waals surface area contributed by atoms with Gasteiger partial charge in [0.1, 0.15) is 5.82 Å². The van der Waals surface area contributed by atoms with Crippen LogP contribution in [0, 0.1) is 5.82 Å². The number of carbonyl (C=O) groups excluding carboxylic acids is 1. The smallest absolute Gasteiger partial charge is 0.258 e. The minimum Gasteiger partial charge on any atom is -0.272 e. The van der Waals surface area contributed by atoms with Gasteiger partial charge in [0.2, 0.25) is 0 Å². The number of hydrogen-bond acceptors (Lipinski definition) is 4. The summed E-state index contributed by atoms with van der Waals surface area (Å²) in [5, 5.41) is 7.89. The SMILES string of the molecule is O=C1CSC(N2N=C(c3ccc(Cl)c(Cl)c3)CC2c2ccc(F)cc2)=N1. The second-order valence-electron chi connectivity index (χ2n) is 5.87. The molecule has 1 amide bonds. The number of hydrogen-bond donors (Lipinski definition) is 0. The third-order valence-corrected chi connectivity index (χ3v) is 5.83. The Hall–Kier alpha value is -1.89. The lowest BCUT2D eigenvalue weighted by atomic mass is 9.98. The van der Waals surface area contributed by atoms with Gasteiger partial charge in [-0.1, -0.05) is 53.2 Å². The van der Waals surface area contributed by atoms with Gasteiger partial charge in [0.15, 0.2) is 5.17 Å². The predicted octanol–water partition coefficient (Wildman–Crippen LogP) is 4.91. The molecule has 1 unspecified atom stereocenters. The molecule has 0 fully saturated rings. The Morgan fingerprint density at radius 2 is 1.88 bits per heavy atom. The van der Waals surface area contributed by atoms with Crippen molar-refractivity contribution < 1.29 is 9.18 Å². The van der Waals surface area contributed by atoms with Crippen LogP contribution in [-0.2, 0) is 4.79 Å². The van der Waals surface area contributed by atoms with Crippen molar-refractivity contribution in [2.24, 2.45) is 10.1 Å². The number of rotatable bonds is 2. The molecule has 2 aromatic rings. The molecule has 0 saturated heterocycles. The number of amidine groups is 1. The quantitative estimate of drug-likeness (QED) is 0.709. The molecule has 2 aliphatic rings. The van der Waals surface area contributed by atoms with Gasteiger partial charge >= 0.3 is 0 Å². The average molecular weight is 408 g/mol. The van der Waals surface area contributed by atoms with E-state index in [1.165, 1.54) is 23.9 Å². The van der Waals surface area contributed by atoms with Crippen LogP contribution in [0.5, 0.6) is 0 Å². The van der Waals surface area contributed by atoms with Crippen LogP contribution in [0.1, 0.15) is 23.6 Å². The lowest BCUT2D eigenvalue weighted by molar-refractivity contribution is -0.115. The van der Waals surface area contributed by atoms with Crippen LogP contribution in [0.4, 0.5) is 4.39 Å². The zero-order valence-corrected chi connectivity index (χ0v) is 15.7. The Kier molecular flexibility index (Phi) is 4.73. The molecule has 2 aromatic carbocycles. The van der Waals surface area contributed by atoms with E-state index in [2.05, 4.69) is 10.1 Å². The molecule has 0 radical (unpaired) electrons. The molecule has 0 aromatic heterocycles. The molecule has 0 N–H and O–H groups in total. The van der Waals surface area contributed by atoms with Crippen molar-refractivity contribution >= 4 is 51.8 Å². The molecule has 4 nitrogen and oxygen atoms in total. The Balaban J connectivity index is 1.72. The van der Waals surface area contributed by atoms with E-state index in [4.69, 9.17) is 23.2 Å². The molecule has 2 heterocycles. The maximum Gasteiger partial charge on any atom is 0.258 e. The molecule has 26 heavy (non-hydrogen) atoms. The number of thioether (sulfide) groups is 1. The van der Waals surface area contributed by atoms with Gasteiger partial charge in [-0.05, 0) is 35.4 Å². The van der Waals surface area contributed by atoms with Gasteiger partial charge in [-0.3, -0.25) is 4.79 Å². The summed E-state index contributed by atoms with van der Waals surface area (Å²) < 4.78 is 13.3. The normalized spacial score (nSPS) is 19.7. The summed E-state index contributed by atoms with van der Waals surface area (Å²) in [6, 6.07) is 11.5. The van der Waals surface area contributed by atoms with Gasteiger partial charge in [-0.15, -0.1) is 0 Å². The highest BCUT2D eigenvalue weighted by Gasteiger charge is 2.34. The maximum absolute atomic E-state index is 13.3. The van der Waals surface area contributed by atoms with E-state index in [1.807, 2.05) is 6.07 Å². The molecule has 2 aliphatic heterocycles. The Bertz CT molecular complexity index is 946. The minimum absolute atomic E-state index is 0.169. The van der Waals surface area contributed by atoms with E-state index in [9.17, 15) is 9.18 Å². The van der Waals surface area contributed by atoms with E-state index in [0.29, 0.717) is 27.4 Å². The molecule has 4 rings (SSSR count). The highest BCUT2D eigenvalue weighted by atomic mass is 35.5. The summed E-state index contributed by atoms with van der Waals surface area (Å²) in [6.45, 7) is 0. The molecule has 132 valence electrons. The summed E-state index contributed by atoms with van der Waals surface area (Å²) in [5.74, 6) is -0.174. The van der Waals surface area contributed by atoms with Gasteiger partial charge < -0.3 is 0 Å². The van der Waals surface area contributed by atoms with Gasteiger partial charge in [0, 0.05) is 6.42 Å². The van der Waals surface area contributed by atoms with E-state index in [0.717, 1.165) is 16.8 Å². The Morgan fingerprint density at radius 1 is 1.12 bits per heavy atom. The molecule has 0 aliphatic carbocycles. The monoisotopic (exact) mass is 407 g/mol. The fourth-order valence-corrected chi connectivity index (χ4v) is 3.98. The zero-order chi connectivity index (χ0) is 18.3. The number of aliphatic imine (C=N–C) groups is 1. The fourth-order valence-electron chi connectivity index (χ4n) is 2.90. The van der Waals surface area contributed by atoms with Crippen LogP contribution < -0.4 is 0 Å². The van der Waals surface area contributed by atoms with Gasteiger partial charge in [0.05, 0.1) is 27.6 Å². The maximum atomic E-state index is 13.3. The predicted molar refractivity (Wildman–Crippen MR) is 103 cm³/mol. The van der Waals surface area contributed by atoms with Gasteiger partial charge in [0.25, 0.3) is 5.91 Å². The van der Waals surface area contributed by atoms with E-state index >= 15 is 0 Å². The Morgan fingerprint density at radius 3 is 2.54 bits per heavy atom. The number of amides is 1. The number of hydrazone groups is 1. The average Bonchev–Trinajstić information content (AvgIpc) is 3.24. The first-order valence-corrected chi connectivity index (χ1v) is 9.57. The summed E-state index contributed by atoms with van der Waals surface area (Å²) in [5.41, 5.74) is 2.55. The molecular formula is C18H12Cl2FN3OS. The first-order valence-electron chi connectivity index (χ1n) is 7.83. The van der Waals surface area contributed by atoms with Crippen molar-refractivity contribution in [2.45, 2.75) is 12.5 Å². The van der Waals surface area contributed by atoms with Crippen LogP contribution in [0.25, 0.3) is 0 Å². The Labute approximate surface area is 163 Å². The van der Waals surface area contributed by atoms with Crippen molar-refractivity contribution in [2.75, 3.05) is 5.75 Å².